The van der Waals surface area contributed by atoms with E-state index in [9.17, 15) is 9.59 Å². The van der Waals surface area contributed by atoms with Crippen LogP contribution in [0.3, 0.4) is 0 Å². The first-order valence-electron chi connectivity index (χ1n) is 6.79. The third-order valence-electron chi connectivity index (χ3n) is 3.02. The molecule has 4 nitrogen and oxygen atoms in total. The molecule has 0 N–H and O–H groups in total. The summed E-state index contributed by atoms with van der Waals surface area (Å²) in [6, 6.07) is 7.43. The Morgan fingerprint density at radius 3 is 1.86 bits per heavy atom. The van der Waals surface area contributed by atoms with Crippen molar-refractivity contribution < 1.29 is 9.59 Å². The highest BCUT2D eigenvalue weighted by molar-refractivity contribution is 5.82. The van der Waals surface area contributed by atoms with Gasteiger partial charge in [-0.3, -0.25) is 19.6 Å². The molecule has 0 saturated heterocycles. The summed E-state index contributed by atoms with van der Waals surface area (Å²) in [5, 5.41) is 0. The second-order valence-electron chi connectivity index (χ2n) is 4.85. The second-order valence-corrected chi connectivity index (χ2v) is 4.85. The van der Waals surface area contributed by atoms with Crippen LogP contribution in [0.5, 0.6) is 0 Å². The van der Waals surface area contributed by atoms with Crippen LogP contribution in [0.25, 0.3) is 0 Å². The van der Waals surface area contributed by atoms with E-state index in [1.807, 2.05) is 31.2 Å². The van der Waals surface area contributed by atoms with Gasteiger partial charge in [0.25, 0.3) is 0 Å². The van der Waals surface area contributed by atoms with Crippen molar-refractivity contribution in [3.63, 3.8) is 0 Å². The zero-order chi connectivity index (χ0) is 15.7. The van der Waals surface area contributed by atoms with E-state index in [-0.39, 0.29) is 17.5 Å². The average molecular weight is 284 g/mol. The van der Waals surface area contributed by atoms with Gasteiger partial charge >= 0.3 is 0 Å². The fraction of sp³-hybridized carbons (Fsp3) is 0.294. The first kappa shape index (κ1) is 16.7. The lowest BCUT2D eigenvalue weighted by atomic mass is 9.99. The predicted molar refractivity (Wildman–Crippen MR) is 82.0 cm³/mol. The van der Waals surface area contributed by atoms with E-state index in [1.165, 1.54) is 0 Å². The molecule has 1 atom stereocenters. The molecule has 0 fully saturated rings. The van der Waals surface area contributed by atoms with Crippen LogP contribution in [0.2, 0.25) is 0 Å². The second kappa shape index (κ2) is 8.74. The Bertz CT molecular complexity index is 568. The van der Waals surface area contributed by atoms with E-state index in [1.54, 1.807) is 38.6 Å². The van der Waals surface area contributed by atoms with E-state index >= 15 is 0 Å². The highest BCUT2D eigenvalue weighted by Crippen LogP contribution is 2.13. The molecule has 2 aromatic heterocycles. The molecule has 110 valence electrons. The maximum atomic E-state index is 10.9. The molecule has 0 radical (unpaired) electrons. The Hall–Kier alpha value is -2.36. The number of carbonyl (C=O) groups is 2. The topological polar surface area (TPSA) is 59.9 Å². The van der Waals surface area contributed by atoms with Crippen molar-refractivity contribution in [1.82, 2.24) is 9.97 Å². The molecule has 2 rings (SSSR count). The highest BCUT2D eigenvalue weighted by Gasteiger charge is 2.08. The summed E-state index contributed by atoms with van der Waals surface area (Å²) in [6.07, 6.45) is 7.31. The summed E-state index contributed by atoms with van der Waals surface area (Å²) < 4.78 is 0. The van der Waals surface area contributed by atoms with Crippen LogP contribution < -0.4 is 0 Å². The van der Waals surface area contributed by atoms with Gasteiger partial charge in [0.2, 0.25) is 0 Å². The van der Waals surface area contributed by atoms with Crippen molar-refractivity contribution in [2.24, 2.45) is 0 Å². The Kier molecular flexibility index (Phi) is 6.95. The molecular weight excluding hydrogens is 264 g/mol. The number of ketones is 2. The predicted octanol–water partition coefficient (Wildman–Crippen LogP) is 2.99. The monoisotopic (exact) mass is 284 g/mol. The van der Waals surface area contributed by atoms with Crippen molar-refractivity contribution in [3.8, 4) is 0 Å². The van der Waals surface area contributed by atoms with Gasteiger partial charge in [-0.05, 0) is 49.2 Å². The van der Waals surface area contributed by atoms with Gasteiger partial charge < -0.3 is 0 Å². The molecule has 2 aromatic rings. The van der Waals surface area contributed by atoms with Crippen LogP contribution in [0.4, 0.5) is 0 Å². The molecule has 21 heavy (non-hydrogen) atoms. The minimum Gasteiger partial charge on any atom is -0.300 e. The quantitative estimate of drug-likeness (QED) is 0.866. The summed E-state index contributed by atoms with van der Waals surface area (Å²) >= 11 is 0. The van der Waals surface area contributed by atoms with Gasteiger partial charge in [-0.1, -0.05) is 6.92 Å². The van der Waals surface area contributed by atoms with E-state index < -0.39 is 0 Å². The van der Waals surface area contributed by atoms with Crippen LogP contribution in [0.1, 0.15) is 37.8 Å². The number of carbonyl (C=O) groups excluding carboxylic acids is 2. The smallest absolute Gasteiger partial charge is 0.136 e. The number of pyridine rings is 2. The summed E-state index contributed by atoms with van der Waals surface area (Å²) in [6.45, 7) is 5.09. The zero-order valence-electron chi connectivity index (χ0n) is 12.6. The third-order valence-corrected chi connectivity index (χ3v) is 3.02. The first-order valence-corrected chi connectivity index (χ1v) is 6.79. The number of hydrogen-bond donors (Lipinski definition) is 0. The van der Waals surface area contributed by atoms with Gasteiger partial charge in [0, 0.05) is 37.1 Å². The van der Waals surface area contributed by atoms with Crippen LogP contribution in [0.15, 0.2) is 49.1 Å². The lowest BCUT2D eigenvalue weighted by Gasteiger charge is -2.05. The van der Waals surface area contributed by atoms with Gasteiger partial charge in [-0.25, -0.2) is 0 Å². The first-order chi connectivity index (χ1) is 10.0. The third kappa shape index (κ3) is 6.56. The molecule has 4 heteroatoms. The highest BCUT2D eigenvalue weighted by atomic mass is 16.1. The lowest BCUT2D eigenvalue weighted by Crippen LogP contribution is -2.03. The fourth-order valence-electron chi connectivity index (χ4n) is 1.67. The van der Waals surface area contributed by atoms with Gasteiger partial charge in [0.15, 0.2) is 0 Å². The van der Waals surface area contributed by atoms with E-state index in [4.69, 9.17) is 0 Å². The molecule has 0 bridgehead atoms. The Morgan fingerprint density at radius 1 is 0.952 bits per heavy atom. The number of aromatic nitrogens is 2. The van der Waals surface area contributed by atoms with Gasteiger partial charge in [0.05, 0.1) is 0 Å². The van der Waals surface area contributed by atoms with Crippen LogP contribution in [0, 0.1) is 0 Å². The molecule has 1 unspecified atom stereocenters. The molecule has 0 aliphatic rings. The zero-order valence-corrected chi connectivity index (χ0v) is 12.6. The molecule has 0 spiro atoms. The summed E-state index contributed by atoms with van der Waals surface area (Å²) in [5.74, 6) is 0.375. The molecule has 0 aliphatic carbocycles. The van der Waals surface area contributed by atoms with Gasteiger partial charge in [0.1, 0.15) is 11.6 Å². The van der Waals surface area contributed by atoms with Gasteiger partial charge in [-0.2, -0.15) is 0 Å². The summed E-state index contributed by atoms with van der Waals surface area (Å²) in [7, 11) is 0. The van der Waals surface area contributed by atoms with Crippen molar-refractivity contribution in [2.75, 3.05) is 0 Å². The molecule has 0 aromatic carbocycles. The van der Waals surface area contributed by atoms with E-state index in [0.717, 1.165) is 11.1 Å². The Morgan fingerprint density at radius 2 is 1.43 bits per heavy atom. The van der Waals surface area contributed by atoms with Crippen molar-refractivity contribution in [2.45, 2.75) is 33.1 Å². The Labute approximate surface area is 125 Å². The number of hydrogen-bond acceptors (Lipinski definition) is 4. The van der Waals surface area contributed by atoms with Crippen molar-refractivity contribution in [1.29, 1.82) is 0 Å². The molecule has 0 aliphatic heterocycles. The number of Topliss-reactive ketones (excluding diaryl/α,β-unsaturated/α-hetero) is 2. The summed E-state index contributed by atoms with van der Waals surface area (Å²) in [4.78, 5) is 29.2. The van der Waals surface area contributed by atoms with E-state index in [2.05, 4.69) is 9.97 Å². The number of nitrogens with zero attached hydrogens (tertiary/aromatic N) is 2. The standard InChI is InChI=1S/C9H11NO.C8H9NO/c1-7(8(2)11)9-3-5-10-6-4-9;1-7(10)6-8-2-4-9-5-3-8/h3-7H,1-2H3;2-5H,6H2,1H3. The summed E-state index contributed by atoms with van der Waals surface area (Å²) in [5.41, 5.74) is 2.06. The van der Waals surface area contributed by atoms with E-state index in [0.29, 0.717) is 6.42 Å². The Balaban J connectivity index is 0.000000211. The largest absolute Gasteiger partial charge is 0.300 e. The SMILES string of the molecule is CC(=O)C(C)c1ccncc1.CC(=O)Cc1ccncc1. The molecular formula is C17H20N2O2. The van der Waals surface area contributed by atoms with Crippen molar-refractivity contribution in [3.05, 3.63) is 60.2 Å². The van der Waals surface area contributed by atoms with Gasteiger partial charge in [-0.15, -0.1) is 0 Å². The van der Waals surface area contributed by atoms with Crippen LogP contribution in [-0.2, 0) is 16.0 Å². The molecule has 2 heterocycles. The lowest BCUT2D eigenvalue weighted by molar-refractivity contribution is -0.118. The average Bonchev–Trinajstić information content (AvgIpc) is 2.48. The minimum absolute atomic E-state index is 0.00185. The van der Waals surface area contributed by atoms with Crippen LogP contribution >= 0.6 is 0 Å². The normalized spacial score (nSPS) is 11.0. The maximum Gasteiger partial charge on any atom is 0.136 e. The molecule has 0 saturated carbocycles. The van der Waals surface area contributed by atoms with Crippen molar-refractivity contribution >= 4 is 11.6 Å². The number of rotatable bonds is 4. The minimum atomic E-state index is -0.00185. The molecule has 0 amide bonds. The van der Waals surface area contributed by atoms with Crippen LogP contribution in [-0.4, -0.2) is 21.5 Å². The maximum absolute atomic E-state index is 10.9. The fourth-order valence-corrected chi connectivity index (χ4v) is 1.67.